The molecule has 0 unspecified atom stereocenters. The molecule has 0 amide bonds. The number of aryl methyl sites for hydroxylation is 1. The zero-order valence-electron chi connectivity index (χ0n) is 23.6. The molecule has 6 rings (SSSR count). The molecule has 44 heavy (non-hydrogen) atoms. The molecular formula is C34H26BF6N3. The summed E-state index contributed by atoms with van der Waals surface area (Å²) in [4.78, 5) is 5.55. The number of nitrogens with zero attached hydrogens (tertiary/aromatic N) is 1. The molecule has 10 heteroatoms. The number of hydrogen-bond donors (Lipinski definition) is 2. The lowest BCUT2D eigenvalue weighted by molar-refractivity contribution is 0.590. The van der Waals surface area contributed by atoms with E-state index in [0.717, 1.165) is 31.0 Å². The van der Waals surface area contributed by atoms with Crippen LogP contribution in [0.2, 0.25) is 0 Å². The van der Waals surface area contributed by atoms with Crippen LogP contribution in [0, 0.1) is 34.9 Å². The van der Waals surface area contributed by atoms with E-state index in [-0.39, 0.29) is 16.7 Å². The first-order valence-electron chi connectivity index (χ1n) is 14.2. The number of hydrogen-bond acceptors (Lipinski definition) is 0. The third kappa shape index (κ3) is 5.14. The van der Waals surface area contributed by atoms with E-state index in [1.807, 2.05) is 11.5 Å². The first kappa shape index (κ1) is 29.2. The van der Waals surface area contributed by atoms with Crippen LogP contribution >= 0.6 is 0 Å². The molecule has 0 aliphatic heterocycles. The van der Waals surface area contributed by atoms with E-state index in [2.05, 4.69) is 9.97 Å². The van der Waals surface area contributed by atoms with Gasteiger partial charge in [-0.25, -0.2) is 26.3 Å². The Morgan fingerprint density at radius 2 is 1.05 bits per heavy atom. The number of nitrogens with one attached hydrogen (secondary N) is 2. The number of rotatable bonds is 9. The maximum absolute atomic E-state index is 16.6. The van der Waals surface area contributed by atoms with Gasteiger partial charge in [0.25, 0.3) is 6.71 Å². The molecule has 3 heterocycles. The third-order valence-corrected chi connectivity index (χ3v) is 7.89. The van der Waals surface area contributed by atoms with E-state index in [1.54, 1.807) is 18.5 Å². The van der Waals surface area contributed by atoms with Crippen molar-refractivity contribution in [1.29, 1.82) is 0 Å². The molecule has 0 aliphatic rings. The predicted molar refractivity (Wildman–Crippen MR) is 162 cm³/mol. The molecule has 3 aromatic carbocycles. The van der Waals surface area contributed by atoms with Gasteiger partial charge in [-0.1, -0.05) is 13.3 Å². The van der Waals surface area contributed by atoms with Crippen LogP contribution in [-0.2, 0) is 6.54 Å². The van der Waals surface area contributed by atoms with Gasteiger partial charge in [0.2, 0.25) is 0 Å². The van der Waals surface area contributed by atoms with Crippen molar-refractivity contribution in [3.05, 3.63) is 127 Å². The van der Waals surface area contributed by atoms with Gasteiger partial charge >= 0.3 is 0 Å². The lowest BCUT2D eigenvalue weighted by atomic mass is 9.35. The van der Waals surface area contributed by atoms with Crippen LogP contribution in [0.5, 0.6) is 0 Å². The molecule has 222 valence electrons. The summed E-state index contributed by atoms with van der Waals surface area (Å²) in [6.07, 6.45) is 11.2. The van der Waals surface area contributed by atoms with E-state index in [0.29, 0.717) is 23.2 Å². The zero-order chi connectivity index (χ0) is 31.0. The number of unbranched alkanes of at least 4 members (excludes halogenated alkanes) is 1. The van der Waals surface area contributed by atoms with Gasteiger partial charge in [0.1, 0.15) is 34.9 Å². The largest absolute Gasteiger partial charge is 0.367 e. The van der Waals surface area contributed by atoms with Gasteiger partial charge in [-0.05, 0) is 61.0 Å². The highest BCUT2D eigenvalue weighted by molar-refractivity contribution is 6.96. The van der Waals surface area contributed by atoms with Gasteiger partial charge in [0.15, 0.2) is 0 Å². The summed E-state index contributed by atoms with van der Waals surface area (Å²) < 4.78 is 98.8. The van der Waals surface area contributed by atoms with Gasteiger partial charge in [0.05, 0.1) is 0 Å². The second kappa shape index (κ2) is 12.0. The predicted octanol–water partition coefficient (Wildman–Crippen LogP) is 7.30. The molecule has 0 aliphatic carbocycles. The van der Waals surface area contributed by atoms with Gasteiger partial charge in [-0.15, -0.1) is 0 Å². The Labute approximate surface area is 250 Å². The Balaban J connectivity index is 1.65. The van der Waals surface area contributed by atoms with Crippen molar-refractivity contribution < 1.29 is 26.3 Å². The van der Waals surface area contributed by atoms with Gasteiger partial charge < -0.3 is 14.5 Å². The number of aromatic amines is 2. The molecule has 3 aromatic heterocycles. The molecule has 0 fully saturated rings. The monoisotopic (exact) mass is 601 g/mol. The van der Waals surface area contributed by atoms with Crippen LogP contribution in [0.25, 0.3) is 33.4 Å². The zero-order valence-corrected chi connectivity index (χ0v) is 23.6. The Morgan fingerprint density at radius 1 is 0.591 bits per heavy atom. The van der Waals surface area contributed by atoms with Crippen LogP contribution in [0.4, 0.5) is 26.3 Å². The lowest BCUT2D eigenvalue weighted by Crippen LogP contribution is -2.59. The van der Waals surface area contributed by atoms with Crippen molar-refractivity contribution in [3.8, 4) is 33.4 Å². The summed E-state index contributed by atoms with van der Waals surface area (Å²) in [5.74, 6) is -7.22. The molecule has 0 atom stereocenters. The minimum absolute atomic E-state index is 0.0770. The van der Waals surface area contributed by atoms with E-state index < -0.39 is 58.0 Å². The Kier molecular flexibility index (Phi) is 7.99. The summed E-state index contributed by atoms with van der Waals surface area (Å²) in [6.45, 7) is 0.526. The van der Waals surface area contributed by atoms with Crippen molar-refractivity contribution >= 4 is 23.1 Å². The highest BCUT2D eigenvalue weighted by Gasteiger charge is 2.39. The second-order valence-corrected chi connectivity index (χ2v) is 10.6. The topological polar surface area (TPSA) is 36.5 Å². The summed E-state index contributed by atoms with van der Waals surface area (Å²) in [7, 11) is 0. The fourth-order valence-electron chi connectivity index (χ4n) is 5.67. The van der Waals surface area contributed by atoms with Crippen LogP contribution in [0.1, 0.15) is 19.8 Å². The Hall–Kier alpha value is -4.86. The minimum Gasteiger partial charge on any atom is -0.367 e. The highest BCUT2D eigenvalue weighted by atomic mass is 19.2. The van der Waals surface area contributed by atoms with E-state index >= 15 is 26.3 Å². The van der Waals surface area contributed by atoms with Crippen molar-refractivity contribution in [3.63, 3.8) is 0 Å². The number of H-pyrrole nitrogens is 2. The minimum atomic E-state index is -2.17. The molecule has 0 bridgehead atoms. The van der Waals surface area contributed by atoms with Crippen molar-refractivity contribution in [2.45, 2.75) is 26.3 Å². The standard InChI is InChI=1S/C34H26BF6N3/c1-2-3-15-44-16-12-22(19-44)25-6-9-28(38)31(34(25)41)35(29-26(36)7-4-23(32(29)39)20-10-13-42-17-20)30-27(37)8-5-24(33(30)40)21-11-14-43-18-21/h4-14,16-19,42-43H,2-3,15H2,1H3. The van der Waals surface area contributed by atoms with Gasteiger partial charge in [-0.2, -0.15) is 0 Å². The molecule has 0 radical (unpaired) electrons. The quantitative estimate of drug-likeness (QED) is 0.129. The summed E-state index contributed by atoms with van der Waals surface area (Å²) in [5, 5.41) is 0. The molecule has 6 aromatic rings. The van der Waals surface area contributed by atoms with Gasteiger partial charge in [-0.3, -0.25) is 0 Å². The van der Waals surface area contributed by atoms with Crippen LogP contribution < -0.4 is 16.4 Å². The number of halogens is 6. The van der Waals surface area contributed by atoms with E-state index in [4.69, 9.17) is 0 Å². The normalized spacial score (nSPS) is 11.3. The van der Waals surface area contributed by atoms with Crippen LogP contribution in [0.15, 0.2) is 91.8 Å². The number of aromatic nitrogens is 3. The molecular weight excluding hydrogens is 575 g/mol. The highest BCUT2D eigenvalue weighted by Crippen LogP contribution is 2.28. The fourth-order valence-corrected chi connectivity index (χ4v) is 5.67. The van der Waals surface area contributed by atoms with Crippen molar-refractivity contribution in [2.24, 2.45) is 0 Å². The summed E-state index contributed by atoms with van der Waals surface area (Å²) in [6, 6.07) is 11.0. The molecule has 3 nitrogen and oxygen atoms in total. The first-order valence-corrected chi connectivity index (χ1v) is 14.2. The molecule has 0 spiro atoms. The first-order chi connectivity index (χ1) is 21.3. The molecule has 0 saturated heterocycles. The van der Waals surface area contributed by atoms with Crippen LogP contribution in [0.3, 0.4) is 0 Å². The SMILES string of the molecule is CCCCn1ccc(-c2ccc(F)c(B(c3c(F)ccc(-c4cc[nH]c4)c3F)c3c(F)ccc(-c4cc[nH]c4)c3F)c2F)c1. The fraction of sp³-hybridized carbons (Fsp3) is 0.118. The van der Waals surface area contributed by atoms with E-state index in [1.165, 1.54) is 55.1 Å². The van der Waals surface area contributed by atoms with Crippen LogP contribution in [-0.4, -0.2) is 21.2 Å². The smallest absolute Gasteiger partial charge is 0.264 e. The summed E-state index contributed by atoms with van der Waals surface area (Å²) >= 11 is 0. The van der Waals surface area contributed by atoms with Crippen molar-refractivity contribution in [2.75, 3.05) is 0 Å². The summed E-state index contributed by atoms with van der Waals surface area (Å²) in [5.41, 5.74) is -1.95. The number of benzene rings is 3. The van der Waals surface area contributed by atoms with E-state index in [9.17, 15) is 0 Å². The third-order valence-electron chi connectivity index (χ3n) is 7.89. The van der Waals surface area contributed by atoms with Crippen molar-refractivity contribution in [1.82, 2.24) is 14.5 Å². The Morgan fingerprint density at radius 3 is 1.45 bits per heavy atom. The average Bonchev–Trinajstić information content (AvgIpc) is 3.80. The Bertz CT molecular complexity index is 1840. The molecule has 2 N–H and O–H groups in total. The second-order valence-electron chi connectivity index (χ2n) is 10.6. The average molecular weight is 601 g/mol. The molecule has 0 saturated carbocycles. The lowest BCUT2D eigenvalue weighted by Gasteiger charge is -2.22. The van der Waals surface area contributed by atoms with Gasteiger partial charge in [0, 0.05) is 93.5 Å². The maximum atomic E-state index is 16.6. The maximum Gasteiger partial charge on any atom is 0.264 e.